The number of hydrogen-bond donors (Lipinski definition) is 0. The van der Waals surface area contributed by atoms with Gasteiger partial charge in [-0.15, -0.1) is 0 Å². The molecule has 1 saturated heterocycles. The summed E-state index contributed by atoms with van der Waals surface area (Å²) >= 11 is 0. The third kappa shape index (κ3) is 4.59. The van der Waals surface area contributed by atoms with Gasteiger partial charge in [0.1, 0.15) is 12.4 Å². The molecule has 1 aromatic rings. The molecule has 1 aliphatic heterocycles. The molecular formula is C14H17NO7. The van der Waals surface area contributed by atoms with Crippen molar-refractivity contribution in [2.45, 2.75) is 25.6 Å². The number of benzene rings is 1. The molecule has 22 heavy (non-hydrogen) atoms. The standard InChI is InChI=1S/C14H17NO7/c1-2-19-13(16)22-14(10-21-14)8-3-9-20-12-6-4-11(5-7-12)15(17)18/h4-7H,2-3,8-10H2,1H3. The van der Waals surface area contributed by atoms with Crippen LogP contribution in [0.15, 0.2) is 24.3 Å². The Kier molecular flexibility index (Phi) is 5.16. The summed E-state index contributed by atoms with van der Waals surface area (Å²) in [5.74, 6) is -0.340. The van der Waals surface area contributed by atoms with Crippen LogP contribution in [0, 0.1) is 10.1 Å². The van der Waals surface area contributed by atoms with Crippen molar-refractivity contribution in [2.75, 3.05) is 19.8 Å². The van der Waals surface area contributed by atoms with Crippen molar-refractivity contribution in [3.63, 3.8) is 0 Å². The first-order valence-corrected chi connectivity index (χ1v) is 6.92. The van der Waals surface area contributed by atoms with Crippen LogP contribution in [0.1, 0.15) is 19.8 Å². The van der Waals surface area contributed by atoms with E-state index in [1.807, 2.05) is 0 Å². The van der Waals surface area contributed by atoms with Crippen molar-refractivity contribution in [2.24, 2.45) is 0 Å². The molecule has 0 aliphatic carbocycles. The molecule has 1 aliphatic rings. The number of non-ortho nitro benzene ring substituents is 1. The maximum absolute atomic E-state index is 11.2. The molecule has 1 atom stereocenters. The van der Waals surface area contributed by atoms with Crippen LogP contribution in [0.3, 0.4) is 0 Å². The van der Waals surface area contributed by atoms with Gasteiger partial charge in [-0.25, -0.2) is 4.79 Å². The van der Waals surface area contributed by atoms with Gasteiger partial charge in [-0.2, -0.15) is 0 Å². The van der Waals surface area contributed by atoms with Crippen LogP contribution >= 0.6 is 0 Å². The smallest absolute Gasteiger partial charge is 0.494 e. The number of rotatable bonds is 8. The number of hydrogen-bond acceptors (Lipinski definition) is 7. The fraction of sp³-hybridized carbons (Fsp3) is 0.500. The molecule has 0 bridgehead atoms. The Labute approximate surface area is 127 Å². The second-order valence-corrected chi connectivity index (χ2v) is 4.69. The summed E-state index contributed by atoms with van der Waals surface area (Å²) in [6.07, 6.45) is 0.367. The zero-order valence-electron chi connectivity index (χ0n) is 12.1. The normalized spacial score (nSPS) is 19.3. The summed E-state index contributed by atoms with van der Waals surface area (Å²) in [5, 5.41) is 10.5. The van der Waals surface area contributed by atoms with Crippen LogP contribution in [0.2, 0.25) is 0 Å². The first-order chi connectivity index (χ1) is 10.5. The average Bonchev–Trinajstić information content (AvgIpc) is 3.24. The third-order valence-corrected chi connectivity index (χ3v) is 3.02. The molecule has 1 fully saturated rings. The summed E-state index contributed by atoms with van der Waals surface area (Å²) in [4.78, 5) is 21.3. The number of epoxide rings is 1. The fourth-order valence-corrected chi connectivity index (χ4v) is 1.83. The van der Waals surface area contributed by atoms with E-state index in [4.69, 9.17) is 18.9 Å². The Morgan fingerprint density at radius 3 is 2.64 bits per heavy atom. The molecule has 0 radical (unpaired) electrons. The lowest BCUT2D eigenvalue weighted by Crippen LogP contribution is -2.22. The minimum atomic E-state index is -0.884. The summed E-state index contributed by atoms with van der Waals surface area (Å²) in [6.45, 7) is 2.68. The second-order valence-electron chi connectivity index (χ2n) is 4.69. The summed E-state index contributed by atoms with van der Waals surface area (Å²) < 4.78 is 20.4. The Balaban J connectivity index is 1.68. The van der Waals surface area contributed by atoms with Gasteiger partial charge < -0.3 is 18.9 Å². The average molecular weight is 311 g/mol. The van der Waals surface area contributed by atoms with Gasteiger partial charge in [-0.1, -0.05) is 0 Å². The van der Waals surface area contributed by atoms with Crippen LogP contribution in [-0.4, -0.2) is 36.7 Å². The van der Waals surface area contributed by atoms with E-state index in [-0.39, 0.29) is 12.3 Å². The van der Waals surface area contributed by atoms with E-state index >= 15 is 0 Å². The predicted octanol–water partition coefficient (Wildman–Crippen LogP) is 2.65. The number of nitro groups is 1. The predicted molar refractivity (Wildman–Crippen MR) is 74.6 cm³/mol. The molecule has 2 rings (SSSR count). The maximum atomic E-state index is 11.2. The van der Waals surface area contributed by atoms with Crippen molar-refractivity contribution in [1.29, 1.82) is 0 Å². The minimum absolute atomic E-state index is 0.0144. The molecule has 1 unspecified atom stereocenters. The van der Waals surface area contributed by atoms with E-state index in [0.29, 0.717) is 31.8 Å². The van der Waals surface area contributed by atoms with E-state index < -0.39 is 16.9 Å². The molecule has 120 valence electrons. The van der Waals surface area contributed by atoms with E-state index in [2.05, 4.69) is 0 Å². The van der Waals surface area contributed by atoms with E-state index in [1.54, 1.807) is 6.92 Å². The van der Waals surface area contributed by atoms with Crippen molar-refractivity contribution < 1.29 is 28.7 Å². The Bertz CT molecular complexity index is 524. The molecule has 1 aromatic carbocycles. The fourth-order valence-electron chi connectivity index (χ4n) is 1.83. The van der Waals surface area contributed by atoms with Gasteiger partial charge in [0, 0.05) is 18.6 Å². The molecule has 0 aromatic heterocycles. The lowest BCUT2D eigenvalue weighted by molar-refractivity contribution is -0.384. The monoisotopic (exact) mass is 311 g/mol. The van der Waals surface area contributed by atoms with Crippen molar-refractivity contribution in [1.82, 2.24) is 0 Å². The molecule has 0 spiro atoms. The number of nitrogens with zero attached hydrogens (tertiary/aromatic N) is 1. The summed E-state index contributed by atoms with van der Waals surface area (Å²) in [6, 6.07) is 5.84. The molecular weight excluding hydrogens is 294 g/mol. The van der Waals surface area contributed by atoms with Crippen LogP contribution in [0.5, 0.6) is 5.75 Å². The number of ether oxygens (including phenoxy) is 4. The highest BCUT2D eigenvalue weighted by Gasteiger charge is 2.49. The van der Waals surface area contributed by atoms with Crippen LogP contribution in [0.4, 0.5) is 10.5 Å². The highest BCUT2D eigenvalue weighted by molar-refractivity contribution is 5.60. The number of nitro benzene ring substituents is 1. The summed E-state index contributed by atoms with van der Waals surface area (Å²) in [5.41, 5.74) is 0.0144. The quantitative estimate of drug-likeness (QED) is 0.239. The van der Waals surface area contributed by atoms with Crippen molar-refractivity contribution >= 4 is 11.8 Å². The molecule has 1 heterocycles. The third-order valence-electron chi connectivity index (χ3n) is 3.02. The van der Waals surface area contributed by atoms with Gasteiger partial charge in [-0.3, -0.25) is 10.1 Å². The number of carbonyl (C=O) groups is 1. The van der Waals surface area contributed by atoms with Crippen LogP contribution in [-0.2, 0) is 14.2 Å². The largest absolute Gasteiger partial charge is 0.510 e. The Hall–Kier alpha value is -2.35. The first kappa shape index (κ1) is 16.0. The van der Waals surface area contributed by atoms with Crippen LogP contribution < -0.4 is 4.74 Å². The van der Waals surface area contributed by atoms with Gasteiger partial charge in [0.25, 0.3) is 5.69 Å². The Morgan fingerprint density at radius 1 is 1.41 bits per heavy atom. The van der Waals surface area contributed by atoms with Gasteiger partial charge >= 0.3 is 6.16 Å². The molecule has 0 amide bonds. The molecule has 8 heteroatoms. The van der Waals surface area contributed by atoms with E-state index in [9.17, 15) is 14.9 Å². The zero-order chi connectivity index (χ0) is 16.0. The molecule has 0 saturated carbocycles. The van der Waals surface area contributed by atoms with Gasteiger partial charge in [0.05, 0.1) is 18.1 Å². The topological polar surface area (TPSA) is 100 Å². The first-order valence-electron chi connectivity index (χ1n) is 6.92. The molecule has 0 N–H and O–H groups in total. The maximum Gasteiger partial charge on any atom is 0.510 e. The van der Waals surface area contributed by atoms with Gasteiger partial charge in [-0.05, 0) is 25.5 Å². The van der Waals surface area contributed by atoms with E-state index in [0.717, 1.165) is 0 Å². The zero-order valence-corrected chi connectivity index (χ0v) is 12.1. The number of carbonyl (C=O) groups excluding carboxylic acids is 1. The van der Waals surface area contributed by atoms with Crippen LogP contribution in [0.25, 0.3) is 0 Å². The highest BCUT2D eigenvalue weighted by Crippen LogP contribution is 2.34. The SMILES string of the molecule is CCOC(=O)OC1(CCCOc2ccc([N+](=O)[O-])cc2)CO1. The second kappa shape index (κ2) is 7.08. The van der Waals surface area contributed by atoms with Crippen molar-refractivity contribution in [3.05, 3.63) is 34.4 Å². The van der Waals surface area contributed by atoms with Gasteiger partial charge in [0.2, 0.25) is 5.79 Å². The van der Waals surface area contributed by atoms with E-state index in [1.165, 1.54) is 24.3 Å². The lowest BCUT2D eigenvalue weighted by Gasteiger charge is -2.13. The summed E-state index contributed by atoms with van der Waals surface area (Å²) in [7, 11) is 0. The lowest BCUT2D eigenvalue weighted by atomic mass is 10.2. The van der Waals surface area contributed by atoms with Crippen molar-refractivity contribution in [3.8, 4) is 5.75 Å². The highest BCUT2D eigenvalue weighted by atomic mass is 16.8. The minimum Gasteiger partial charge on any atom is -0.494 e. The van der Waals surface area contributed by atoms with Gasteiger partial charge in [0.15, 0.2) is 0 Å². The Morgan fingerprint density at radius 2 is 2.09 bits per heavy atom. The molecule has 8 nitrogen and oxygen atoms in total.